The summed E-state index contributed by atoms with van der Waals surface area (Å²) in [4.78, 5) is 22.7. The number of carbonyl (C=O) groups excluding carboxylic acids is 1. The van der Waals surface area contributed by atoms with E-state index in [1.165, 1.54) is 0 Å². The third-order valence-electron chi connectivity index (χ3n) is 3.16. The molecule has 4 nitrogen and oxygen atoms in total. The van der Waals surface area contributed by atoms with Crippen LogP contribution in [0.3, 0.4) is 0 Å². The van der Waals surface area contributed by atoms with Gasteiger partial charge in [-0.25, -0.2) is 4.79 Å². The first-order chi connectivity index (χ1) is 8.66. The fourth-order valence-corrected chi connectivity index (χ4v) is 1.96. The van der Waals surface area contributed by atoms with Crippen LogP contribution in [0, 0.1) is 5.92 Å². The molecule has 1 fully saturated rings. The highest BCUT2D eigenvalue weighted by atomic mass is 16.4. The topological polar surface area (TPSA) is 66.4 Å². The molecule has 2 rings (SSSR count). The molecule has 1 aromatic rings. The van der Waals surface area contributed by atoms with E-state index in [0.29, 0.717) is 12.8 Å². The van der Waals surface area contributed by atoms with Crippen LogP contribution in [0.15, 0.2) is 30.3 Å². The van der Waals surface area contributed by atoms with E-state index < -0.39 is 12.0 Å². The molecule has 0 radical (unpaired) electrons. The fourth-order valence-electron chi connectivity index (χ4n) is 1.96. The minimum Gasteiger partial charge on any atom is -0.480 e. The average Bonchev–Trinajstić information content (AvgIpc) is 3.18. The fraction of sp³-hybridized carbons (Fsp3) is 0.429. The van der Waals surface area contributed by atoms with E-state index in [2.05, 4.69) is 5.32 Å². The summed E-state index contributed by atoms with van der Waals surface area (Å²) in [5.41, 5.74) is 1.09. The molecule has 1 saturated carbocycles. The molecule has 0 bridgehead atoms. The van der Waals surface area contributed by atoms with Crippen molar-refractivity contribution in [2.75, 3.05) is 0 Å². The van der Waals surface area contributed by atoms with Crippen molar-refractivity contribution in [2.24, 2.45) is 5.92 Å². The van der Waals surface area contributed by atoms with Gasteiger partial charge in [-0.15, -0.1) is 0 Å². The Balaban J connectivity index is 1.79. The maximum atomic E-state index is 11.7. The number of carbonyl (C=O) groups is 2. The van der Waals surface area contributed by atoms with Crippen LogP contribution < -0.4 is 5.32 Å². The molecular formula is C14H17NO3. The SMILES string of the molecule is O=C(CCc1ccccc1)NC(C(=O)O)C1CC1. The molecule has 0 aliphatic heterocycles. The number of benzene rings is 1. The Kier molecular flexibility index (Phi) is 3.97. The van der Waals surface area contributed by atoms with Crippen molar-refractivity contribution >= 4 is 11.9 Å². The van der Waals surface area contributed by atoms with Crippen molar-refractivity contribution in [1.82, 2.24) is 5.32 Å². The molecule has 1 unspecified atom stereocenters. The number of nitrogens with one attached hydrogen (secondary N) is 1. The van der Waals surface area contributed by atoms with Gasteiger partial charge in [0.1, 0.15) is 6.04 Å². The molecule has 1 aromatic carbocycles. The Bertz CT molecular complexity index is 426. The second-order valence-electron chi connectivity index (χ2n) is 4.71. The standard InChI is InChI=1S/C14H17NO3/c16-12(9-6-10-4-2-1-3-5-10)15-13(14(17)18)11-7-8-11/h1-5,11,13H,6-9H2,(H,15,16)(H,17,18). The van der Waals surface area contributed by atoms with Crippen LogP contribution in [-0.2, 0) is 16.0 Å². The molecule has 0 spiro atoms. The largest absolute Gasteiger partial charge is 0.480 e. The third kappa shape index (κ3) is 3.58. The predicted molar refractivity (Wildman–Crippen MR) is 67.1 cm³/mol. The van der Waals surface area contributed by atoms with Crippen molar-refractivity contribution in [3.8, 4) is 0 Å². The Morgan fingerprint density at radius 2 is 1.94 bits per heavy atom. The Morgan fingerprint density at radius 1 is 1.28 bits per heavy atom. The van der Waals surface area contributed by atoms with Crippen LogP contribution in [-0.4, -0.2) is 23.0 Å². The lowest BCUT2D eigenvalue weighted by atomic mass is 10.1. The molecule has 0 heterocycles. The van der Waals surface area contributed by atoms with Gasteiger partial charge in [-0.1, -0.05) is 30.3 Å². The normalized spacial score (nSPS) is 16.0. The number of amides is 1. The summed E-state index contributed by atoms with van der Waals surface area (Å²) in [7, 11) is 0. The lowest BCUT2D eigenvalue weighted by Crippen LogP contribution is -2.42. The number of hydrogen-bond donors (Lipinski definition) is 2. The van der Waals surface area contributed by atoms with E-state index in [4.69, 9.17) is 5.11 Å². The monoisotopic (exact) mass is 247 g/mol. The zero-order valence-electron chi connectivity index (χ0n) is 10.1. The van der Waals surface area contributed by atoms with Crippen LogP contribution in [0.1, 0.15) is 24.8 Å². The second-order valence-corrected chi connectivity index (χ2v) is 4.71. The summed E-state index contributed by atoms with van der Waals surface area (Å²) < 4.78 is 0. The van der Waals surface area contributed by atoms with Crippen molar-refractivity contribution in [1.29, 1.82) is 0 Å². The van der Waals surface area contributed by atoms with Gasteiger partial charge in [-0.3, -0.25) is 4.79 Å². The minimum absolute atomic E-state index is 0.128. The molecule has 1 amide bonds. The van der Waals surface area contributed by atoms with E-state index in [-0.39, 0.29) is 11.8 Å². The summed E-state index contributed by atoms with van der Waals surface area (Å²) in [6.07, 6.45) is 2.77. The highest BCUT2D eigenvalue weighted by Gasteiger charge is 2.37. The van der Waals surface area contributed by atoms with Crippen LogP contribution in [0.5, 0.6) is 0 Å². The van der Waals surface area contributed by atoms with Crippen LogP contribution in [0.2, 0.25) is 0 Å². The minimum atomic E-state index is -0.925. The molecule has 1 atom stereocenters. The quantitative estimate of drug-likeness (QED) is 0.802. The van der Waals surface area contributed by atoms with Gasteiger partial charge in [0.25, 0.3) is 0 Å². The van der Waals surface area contributed by atoms with Gasteiger partial charge in [0, 0.05) is 6.42 Å². The molecule has 18 heavy (non-hydrogen) atoms. The van der Waals surface area contributed by atoms with Crippen molar-refractivity contribution in [3.63, 3.8) is 0 Å². The summed E-state index contributed by atoms with van der Waals surface area (Å²) in [5.74, 6) is -0.980. The number of hydrogen-bond acceptors (Lipinski definition) is 2. The number of carboxylic acids is 1. The summed E-state index contributed by atoms with van der Waals surface area (Å²) in [6.45, 7) is 0. The van der Waals surface area contributed by atoms with Gasteiger partial charge < -0.3 is 10.4 Å². The lowest BCUT2D eigenvalue weighted by Gasteiger charge is -2.13. The smallest absolute Gasteiger partial charge is 0.326 e. The van der Waals surface area contributed by atoms with Gasteiger partial charge >= 0.3 is 5.97 Å². The highest BCUT2D eigenvalue weighted by molar-refractivity contribution is 5.84. The summed E-state index contributed by atoms with van der Waals surface area (Å²) >= 11 is 0. The van der Waals surface area contributed by atoms with Crippen LogP contribution in [0.4, 0.5) is 0 Å². The molecule has 1 aliphatic rings. The Labute approximate surface area is 106 Å². The van der Waals surface area contributed by atoms with Gasteiger partial charge in [0.2, 0.25) is 5.91 Å². The van der Waals surface area contributed by atoms with E-state index in [9.17, 15) is 9.59 Å². The number of aliphatic carboxylic acids is 1. The first-order valence-corrected chi connectivity index (χ1v) is 6.23. The second kappa shape index (κ2) is 5.67. The zero-order chi connectivity index (χ0) is 13.0. The molecular weight excluding hydrogens is 230 g/mol. The molecule has 1 aliphatic carbocycles. The maximum Gasteiger partial charge on any atom is 0.326 e. The third-order valence-corrected chi connectivity index (χ3v) is 3.16. The Morgan fingerprint density at radius 3 is 2.50 bits per heavy atom. The van der Waals surface area contributed by atoms with Gasteiger partial charge in [0.15, 0.2) is 0 Å². The van der Waals surface area contributed by atoms with Crippen molar-refractivity contribution in [3.05, 3.63) is 35.9 Å². The van der Waals surface area contributed by atoms with E-state index >= 15 is 0 Å². The average molecular weight is 247 g/mol. The number of rotatable bonds is 6. The van der Waals surface area contributed by atoms with Crippen molar-refractivity contribution in [2.45, 2.75) is 31.7 Å². The van der Waals surface area contributed by atoms with Crippen LogP contribution in [0.25, 0.3) is 0 Å². The molecule has 0 aromatic heterocycles. The number of aryl methyl sites for hydroxylation is 1. The maximum absolute atomic E-state index is 11.7. The summed E-state index contributed by atoms with van der Waals surface area (Å²) in [6, 6.07) is 9.01. The zero-order valence-corrected chi connectivity index (χ0v) is 10.1. The first kappa shape index (κ1) is 12.6. The Hall–Kier alpha value is -1.84. The van der Waals surface area contributed by atoms with E-state index in [1.807, 2.05) is 30.3 Å². The molecule has 4 heteroatoms. The molecule has 2 N–H and O–H groups in total. The van der Waals surface area contributed by atoms with Gasteiger partial charge in [0.05, 0.1) is 0 Å². The molecule has 96 valence electrons. The van der Waals surface area contributed by atoms with E-state index in [1.54, 1.807) is 0 Å². The summed E-state index contributed by atoms with van der Waals surface area (Å²) in [5, 5.41) is 11.6. The number of carboxylic acid groups (broad SMARTS) is 1. The highest BCUT2D eigenvalue weighted by Crippen LogP contribution is 2.32. The predicted octanol–water partition coefficient (Wildman–Crippen LogP) is 1.60. The van der Waals surface area contributed by atoms with E-state index in [0.717, 1.165) is 18.4 Å². The van der Waals surface area contributed by atoms with Crippen LogP contribution >= 0.6 is 0 Å². The lowest BCUT2D eigenvalue weighted by molar-refractivity contribution is -0.142. The first-order valence-electron chi connectivity index (χ1n) is 6.23. The molecule has 0 saturated heterocycles. The van der Waals surface area contributed by atoms with Gasteiger partial charge in [-0.2, -0.15) is 0 Å². The van der Waals surface area contributed by atoms with Crippen molar-refractivity contribution < 1.29 is 14.7 Å². The van der Waals surface area contributed by atoms with Gasteiger partial charge in [-0.05, 0) is 30.7 Å².